The van der Waals surface area contributed by atoms with Gasteiger partial charge in [-0.05, 0) is 30.5 Å². The molecule has 0 atom stereocenters. The van der Waals surface area contributed by atoms with Gasteiger partial charge in [-0.3, -0.25) is 5.43 Å². The zero-order chi connectivity index (χ0) is 13.3. The third kappa shape index (κ3) is 4.25. The lowest BCUT2D eigenvalue weighted by Gasteiger charge is -2.07. The Labute approximate surface area is 115 Å². The summed E-state index contributed by atoms with van der Waals surface area (Å²) in [4.78, 5) is 0. The van der Waals surface area contributed by atoms with Crippen molar-refractivity contribution in [1.29, 1.82) is 0 Å². The second-order valence-corrected chi connectivity index (χ2v) is 4.51. The van der Waals surface area contributed by atoms with Gasteiger partial charge in [0.25, 0.3) is 0 Å². The number of hydrazone groups is 1. The van der Waals surface area contributed by atoms with Gasteiger partial charge in [-0.15, -0.1) is 0 Å². The van der Waals surface area contributed by atoms with Crippen molar-refractivity contribution in [3.63, 3.8) is 0 Å². The number of benzene rings is 2. The van der Waals surface area contributed by atoms with Gasteiger partial charge in [0.05, 0.1) is 11.4 Å². The SMILES string of the molecule is CCCCC(=NNc1ccccc1)c1ccccc1. The van der Waals surface area contributed by atoms with Crippen LogP contribution in [-0.2, 0) is 0 Å². The number of nitrogens with one attached hydrogen (secondary N) is 1. The third-order valence-corrected chi connectivity index (χ3v) is 2.97. The van der Waals surface area contributed by atoms with Crippen LogP contribution in [0.1, 0.15) is 31.7 Å². The highest BCUT2D eigenvalue weighted by atomic mass is 15.3. The first-order valence-electron chi connectivity index (χ1n) is 6.83. The minimum absolute atomic E-state index is 1.00. The van der Waals surface area contributed by atoms with E-state index in [0.717, 1.165) is 24.2 Å². The molecule has 98 valence electrons. The minimum Gasteiger partial charge on any atom is -0.278 e. The van der Waals surface area contributed by atoms with E-state index >= 15 is 0 Å². The fourth-order valence-electron chi connectivity index (χ4n) is 1.88. The summed E-state index contributed by atoms with van der Waals surface area (Å²) < 4.78 is 0. The average Bonchev–Trinajstić information content (AvgIpc) is 2.49. The average molecular weight is 252 g/mol. The van der Waals surface area contributed by atoms with Crippen LogP contribution in [0.5, 0.6) is 0 Å². The minimum atomic E-state index is 1.00. The van der Waals surface area contributed by atoms with Crippen molar-refractivity contribution in [3.8, 4) is 0 Å². The Morgan fingerprint density at radius 1 is 0.947 bits per heavy atom. The Kier molecular flexibility index (Phi) is 5.17. The Balaban J connectivity index is 2.13. The third-order valence-electron chi connectivity index (χ3n) is 2.97. The van der Waals surface area contributed by atoms with Crippen molar-refractivity contribution in [2.45, 2.75) is 26.2 Å². The standard InChI is InChI=1S/C17H20N2/c1-2-3-14-17(15-10-6-4-7-11-15)19-18-16-12-8-5-9-13-16/h4-13,18H,2-3,14H2,1H3. The molecule has 2 aromatic rings. The maximum atomic E-state index is 4.57. The molecule has 19 heavy (non-hydrogen) atoms. The van der Waals surface area contributed by atoms with E-state index in [4.69, 9.17) is 0 Å². The zero-order valence-corrected chi connectivity index (χ0v) is 11.3. The predicted molar refractivity (Wildman–Crippen MR) is 82.6 cm³/mol. The number of unbranched alkanes of at least 4 members (excludes halogenated alkanes) is 1. The van der Waals surface area contributed by atoms with Gasteiger partial charge in [0.2, 0.25) is 0 Å². The van der Waals surface area contributed by atoms with Gasteiger partial charge in [-0.25, -0.2) is 0 Å². The van der Waals surface area contributed by atoms with Crippen LogP contribution in [0.2, 0.25) is 0 Å². The molecule has 0 saturated heterocycles. The smallest absolute Gasteiger partial charge is 0.0679 e. The van der Waals surface area contributed by atoms with E-state index in [9.17, 15) is 0 Å². The molecule has 2 aromatic carbocycles. The van der Waals surface area contributed by atoms with E-state index < -0.39 is 0 Å². The van der Waals surface area contributed by atoms with Crippen molar-refractivity contribution in [2.24, 2.45) is 5.10 Å². The van der Waals surface area contributed by atoms with Crippen LogP contribution in [0.3, 0.4) is 0 Å². The number of para-hydroxylation sites is 1. The zero-order valence-electron chi connectivity index (χ0n) is 11.3. The molecule has 0 aliphatic heterocycles. The van der Waals surface area contributed by atoms with Gasteiger partial charge < -0.3 is 0 Å². The number of hydrogen-bond donors (Lipinski definition) is 1. The summed E-state index contributed by atoms with van der Waals surface area (Å²) in [5.41, 5.74) is 6.47. The van der Waals surface area contributed by atoms with E-state index in [1.165, 1.54) is 12.0 Å². The first-order chi connectivity index (χ1) is 9.40. The van der Waals surface area contributed by atoms with Gasteiger partial charge in [0, 0.05) is 0 Å². The molecule has 1 N–H and O–H groups in total. The lowest BCUT2D eigenvalue weighted by molar-refractivity contribution is 0.834. The molecular formula is C17H20N2. The lowest BCUT2D eigenvalue weighted by Crippen LogP contribution is -2.04. The molecule has 0 bridgehead atoms. The molecule has 0 spiro atoms. The number of rotatable bonds is 6. The molecule has 0 aliphatic rings. The van der Waals surface area contributed by atoms with Crippen LogP contribution in [0.4, 0.5) is 5.69 Å². The molecule has 0 aliphatic carbocycles. The molecule has 0 unspecified atom stereocenters. The van der Waals surface area contributed by atoms with Crippen LogP contribution in [0.25, 0.3) is 0 Å². The Hall–Kier alpha value is -2.09. The van der Waals surface area contributed by atoms with Gasteiger partial charge in [0.15, 0.2) is 0 Å². The summed E-state index contributed by atoms with van der Waals surface area (Å²) >= 11 is 0. The van der Waals surface area contributed by atoms with Gasteiger partial charge in [0.1, 0.15) is 0 Å². The molecule has 0 aromatic heterocycles. The van der Waals surface area contributed by atoms with Crippen molar-refractivity contribution < 1.29 is 0 Å². The summed E-state index contributed by atoms with van der Waals surface area (Å²) in [7, 11) is 0. The van der Waals surface area contributed by atoms with Crippen LogP contribution < -0.4 is 5.43 Å². The van der Waals surface area contributed by atoms with Crippen molar-refractivity contribution in [1.82, 2.24) is 0 Å². The largest absolute Gasteiger partial charge is 0.278 e. The molecule has 0 fully saturated rings. The predicted octanol–water partition coefficient (Wildman–Crippen LogP) is 4.69. The summed E-state index contributed by atoms with van der Waals surface area (Å²) in [5, 5.41) is 4.57. The van der Waals surface area contributed by atoms with Gasteiger partial charge in [-0.2, -0.15) is 5.10 Å². The first-order valence-corrected chi connectivity index (χ1v) is 6.83. The molecule has 0 heterocycles. The summed E-state index contributed by atoms with van der Waals surface area (Å²) in [5.74, 6) is 0. The molecule has 0 saturated carbocycles. The quantitative estimate of drug-likeness (QED) is 0.585. The number of anilines is 1. The Bertz CT molecular complexity index is 503. The maximum Gasteiger partial charge on any atom is 0.0679 e. The summed E-state index contributed by atoms with van der Waals surface area (Å²) in [6.07, 6.45) is 3.34. The van der Waals surface area contributed by atoms with E-state index in [1.807, 2.05) is 36.4 Å². The van der Waals surface area contributed by atoms with Crippen molar-refractivity contribution in [3.05, 3.63) is 66.2 Å². The van der Waals surface area contributed by atoms with E-state index in [2.05, 4.69) is 41.7 Å². The van der Waals surface area contributed by atoms with Crippen molar-refractivity contribution >= 4 is 11.4 Å². The van der Waals surface area contributed by atoms with Crippen molar-refractivity contribution in [2.75, 3.05) is 5.43 Å². The lowest BCUT2D eigenvalue weighted by atomic mass is 10.1. The van der Waals surface area contributed by atoms with Crippen LogP contribution in [0, 0.1) is 0 Å². The second-order valence-electron chi connectivity index (χ2n) is 4.51. The van der Waals surface area contributed by atoms with Gasteiger partial charge >= 0.3 is 0 Å². The number of nitrogens with zero attached hydrogens (tertiary/aromatic N) is 1. The molecule has 2 rings (SSSR count). The van der Waals surface area contributed by atoms with Gasteiger partial charge in [-0.1, -0.05) is 61.9 Å². The molecular weight excluding hydrogens is 232 g/mol. The summed E-state index contributed by atoms with van der Waals surface area (Å²) in [6.45, 7) is 2.20. The van der Waals surface area contributed by atoms with E-state index in [0.29, 0.717) is 0 Å². The highest BCUT2D eigenvalue weighted by molar-refractivity contribution is 6.00. The highest BCUT2D eigenvalue weighted by Crippen LogP contribution is 2.10. The summed E-state index contributed by atoms with van der Waals surface area (Å²) in [6, 6.07) is 20.4. The fraction of sp³-hybridized carbons (Fsp3) is 0.235. The van der Waals surface area contributed by atoms with Crippen LogP contribution in [-0.4, -0.2) is 5.71 Å². The first kappa shape index (κ1) is 13.3. The van der Waals surface area contributed by atoms with Crippen LogP contribution >= 0.6 is 0 Å². The normalized spacial score (nSPS) is 11.3. The molecule has 0 radical (unpaired) electrons. The fourth-order valence-corrected chi connectivity index (χ4v) is 1.88. The highest BCUT2D eigenvalue weighted by Gasteiger charge is 2.02. The Morgan fingerprint density at radius 2 is 1.58 bits per heavy atom. The van der Waals surface area contributed by atoms with E-state index in [-0.39, 0.29) is 0 Å². The Morgan fingerprint density at radius 3 is 2.21 bits per heavy atom. The second kappa shape index (κ2) is 7.37. The monoisotopic (exact) mass is 252 g/mol. The maximum absolute atomic E-state index is 4.57. The number of hydrogen-bond acceptors (Lipinski definition) is 2. The molecule has 0 amide bonds. The van der Waals surface area contributed by atoms with E-state index in [1.54, 1.807) is 0 Å². The topological polar surface area (TPSA) is 24.4 Å². The molecule has 2 heteroatoms. The molecule has 2 nitrogen and oxygen atoms in total. The van der Waals surface area contributed by atoms with Crippen LogP contribution in [0.15, 0.2) is 65.8 Å².